The number of amides is 1. The van der Waals surface area contributed by atoms with Crippen molar-refractivity contribution in [3.05, 3.63) is 83.6 Å². The smallest absolute Gasteiger partial charge is 0.256 e. The average Bonchev–Trinajstić information content (AvgIpc) is 2.68. The lowest BCUT2D eigenvalue weighted by atomic mass is 10.1. The van der Waals surface area contributed by atoms with Crippen LogP contribution in [0.5, 0.6) is 5.75 Å². The number of pyridine rings is 1. The molecule has 2 aromatic carbocycles. The Balaban J connectivity index is 1.59. The third-order valence-electron chi connectivity index (χ3n) is 3.99. The van der Waals surface area contributed by atoms with Crippen LogP contribution >= 0.6 is 0 Å². The van der Waals surface area contributed by atoms with E-state index in [2.05, 4.69) is 15.6 Å². The van der Waals surface area contributed by atoms with Gasteiger partial charge in [0.2, 0.25) is 0 Å². The molecule has 3 rings (SSSR count). The number of hydrogen-bond donors (Lipinski definition) is 2. The van der Waals surface area contributed by atoms with Gasteiger partial charge in [-0.25, -0.2) is 4.98 Å². The Hall–Kier alpha value is -3.34. The molecule has 1 amide bonds. The van der Waals surface area contributed by atoms with Crippen LogP contribution in [0.25, 0.3) is 0 Å². The number of rotatable bonds is 6. The summed E-state index contributed by atoms with van der Waals surface area (Å²) in [6, 6.07) is 18.9. The molecule has 1 heterocycles. The summed E-state index contributed by atoms with van der Waals surface area (Å²) in [6.45, 7) is 2.61. The van der Waals surface area contributed by atoms with E-state index in [0.717, 1.165) is 22.6 Å². The number of para-hydroxylation sites is 1. The fraction of sp³-hybridized carbons (Fsp3) is 0.143. The molecule has 0 bridgehead atoms. The van der Waals surface area contributed by atoms with Crippen molar-refractivity contribution in [1.82, 2.24) is 4.98 Å². The molecule has 0 spiro atoms. The summed E-state index contributed by atoms with van der Waals surface area (Å²) in [6.07, 6.45) is 1.69. The molecule has 3 aromatic rings. The molecule has 2 N–H and O–H groups in total. The minimum Gasteiger partial charge on any atom is -0.496 e. The second kappa shape index (κ2) is 8.16. The molecule has 5 nitrogen and oxygen atoms in total. The number of benzene rings is 2. The summed E-state index contributed by atoms with van der Waals surface area (Å²) in [5, 5.41) is 6.10. The van der Waals surface area contributed by atoms with Crippen LogP contribution in [0, 0.1) is 6.92 Å². The Kier molecular flexibility index (Phi) is 5.49. The van der Waals surface area contributed by atoms with Gasteiger partial charge in [0, 0.05) is 17.7 Å². The number of hydrogen-bond acceptors (Lipinski definition) is 4. The summed E-state index contributed by atoms with van der Waals surface area (Å²) in [7, 11) is 1.66. The van der Waals surface area contributed by atoms with Gasteiger partial charge in [0.05, 0.1) is 19.0 Å². The average molecular weight is 347 g/mol. The number of carbonyl (C=O) groups excluding carboxylic acids is 1. The van der Waals surface area contributed by atoms with Gasteiger partial charge in [-0.1, -0.05) is 35.9 Å². The monoisotopic (exact) mass is 347 g/mol. The van der Waals surface area contributed by atoms with Crippen LogP contribution < -0.4 is 15.4 Å². The highest BCUT2D eigenvalue weighted by molar-refractivity contribution is 6.03. The number of methoxy groups -OCH3 is 1. The quantitative estimate of drug-likeness (QED) is 0.699. The molecule has 0 aliphatic rings. The zero-order valence-corrected chi connectivity index (χ0v) is 14.8. The first-order valence-electron chi connectivity index (χ1n) is 8.35. The van der Waals surface area contributed by atoms with Gasteiger partial charge in [-0.15, -0.1) is 0 Å². The number of nitrogens with zero attached hydrogens (tertiary/aromatic N) is 1. The number of ether oxygens (including phenoxy) is 1. The summed E-state index contributed by atoms with van der Waals surface area (Å²) < 4.78 is 5.34. The number of anilines is 2. The van der Waals surface area contributed by atoms with Crippen LogP contribution in [-0.4, -0.2) is 18.0 Å². The molecule has 0 aliphatic carbocycles. The van der Waals surface area contributed by atoms with Gasteiger partial charge < -0.3 is 15.4 Å². The Morgan fingerprint density at radius 2 is 1.81 bits per heavy atom. The summed E-state index contributed by atoms with van der Waals surface area (Å²) in [5.41, 5.74) is 3.65. The van der Waals surface area contributed by atoms with E-state index in [0.29, 0.717) is 17.9 Å². The lowest BCUT2D eigenvalue weighted by molar-refractivity contribution is 0.102. The summed E-state index contributed by atoms with van der Waals surface area (Å²) in [5.74, 6) is 1.18. The van der Waals surface area contributed by atoms with Gasteiger partial charge >= 0.3 is 0 Å². The molecule has 0 fully saturated rings. The highest BCUT2D eigenvalue weighted by atomic mass is 16.5. The maximum atomic E-state index is 12.2. The Morgan fingerprint density at radius 1 is 1.04 bits per heavy atom. The molecule has 0 saturated carbocycles. The van der Waals surface area contributed by atoms with E-state index in [1.807, 2.05) is 49.4 Å². The Labute approximate surface area is 153 Å². The number of nitrogens with one attached hydrogen (secondary N) is 2. The maximum Gasteiger partial charge on any atom is 0.256 e. The summed E-state index contributed by atoms with van der Waals surface area (Å²) >= 11 is 0. The van der Waals surface area contributed by atoms with E-state index in [1.165, 1.54) is 0 Å². The van der Waals surface area contributed by atoms with Gasteiger partial charge in [-0.3, -0.25) is 4.79 Å². The molecule has 0 saturated heterocycles. The molecule has 0 unspecified atom stereocenters. The van der Waals surface area contributed by atoms with Gasteiger partial charge in [0.15, 0.2) is 0 Å². The first-order valence-corrected chi connectivity index (χ1v) is 8.35. The maximum absolute atomic E-state index is 12.2. The number of aryl methyl sites for hydroxylation is 1. The molecule has 5 heteroatoms. The second-order valence-electron chi connectivity index (χ2n) is 5.92. The third kappa shape index (κ3) is 4.39. The Morgan fingerprint density at radius 3 is 2.50 bits per heavy atom. The van der Waals surface area contributed by atoms with E-state index in [4.69, 9.17) is 4.74 Å². The van der Waals surface area contributed by atoms with Crippen LogP contribution in [0.2, 0.25) is 0 Å². The first kappa shape index (κ1) is 17.5. The molecule has 132 valence electrons. The second-order valence-corrected chi connectivity index (χ2v) is 5.92. The minimum absolute atomic E-state index is 0.174. The highest BCUT2D eigenvalue weighted by Gasteiger charge is 2.07. The SMILES string of the molecule is COc1ccccc1CNc1ccc(NC(=O)c2ccc(C)cc2)nc1. The van der Waals surface area contributed by atoms with Gasteiger partial charge in [0.1, 0.15) is 11.6 Å². The molecule has 0 atom stereocenters. The van der Waals surface area contributed by atoms with Crippen molar-refractivity contribution in [1.29, 1.82) is 0 Å². The largest absolute Gasteiger partial charge is 0.496 e. The highest BCUT2D eigenvalue weighted by Crippen LogP contribution is 2.19. The number of aromatic nitrogens is 1. The lowest BCUT2D eigenvalue weighted by Crippen LogP contribution is -2.13. The van der Waals surface area contributed by atoms with Crippen molar-refractivity contribution in [3.63, 3.8) is 0 Å². The van der Waals surface area contributed by atoms with E-state index in [-0.39, 0.29) is 5.91 Å². The van der Waals surface area contributed by atoms with E-state index in [1.54, 1.807) is 31.5 Å². The van der Waals surface area contributed by atoms with Gasteiger partial charge in [-0.05, 0) is 37.3 Å². The van der Waals surface area contributed by atoms with E-state index in [9.17, 15) is 4.79 Å². The lowest BCUT2D eigenvalue weighted by Gasteiger charge is -2.11. The summed E-state index contributed by atoms with van der Waals surface area (Å²) in [4.78, 5) is 16.5. The van der Waals surface area contributed by atoms with Crippen molar-refractivity contribution in [2.75, 3.05) is 17.7 Å². The van der Waals surface area contributed by atoms with E-state index >= 15 is 0 Å². The van der Waals surface area contributed by atoms with Crippen molar-refractivity contribution in [2.45, 2.75) is 13.5 Å². The van der Waals surface area contributed by atoms with Crippen LogP contribution in [0.3, 0.4) is 0 Å². The normalized spacial score (nSPS) is 10.2. The molecular weight excluding hydrogens is 326 g/mol. The molecule has 1 aromatic heterocycles. The van der Waals surface area contributed by atoms with Crippen LogP contribution in [0.1, 0.15) is 21.5 Å². The minimum atomic E-state index is -0.174. The van der Waals surface area contributed by atoms with Crippen molar-refractivity contribution in [3.8, 4) is 5.75 Å². The van der Waals surface area contributed by atoms with Crippen molar-refractivity contribution in [2.24, 2.45) is 0 Å². The Bertz CT molecular complexity index is 875. The molecule has 26 heavy (non-hydrogen) atoms. The zero-order valence-electron chi connectivity index (χ0n) is 14.8. The van der Waals surface area contributed by atoms with Crippen LogP contribution in [-0.2, 0) is 6.54 Å². The first-order chi connectivity index (χ1) is 12.7. The standard InChI is InChI=1S/C21H21N3O2/c1-15-7-9-16(10-8-15)21(25)24-20-12-11-18(14-23-20)22-13-17-5-3-4-6-19(17)26-2/h3-12,14,22H,13H2,1-2H3,(H,23,24,25). The molecule has 0 aliphatic heterocycles. The molecule has 0 radical (unpaired) electrons. The molecular formula is C21H21N3O2. The van der Waals surface area contributed by atoms with Crippen molar-refractivity contribution < 1.29 is 9.53 Å². The van der Waals surface area contributed by atoms with Crippen molar-refractivity contribution >= 4 is 17.4 Å². The third-order valence-corrected chi connectivity index (χ3v) is 3.99. The van der Waals surface area contributed by atoms with Gasteiger partial charge in [-0.2, -0.15) is 0 Å². The number of carbonyl (C=O) groups is 1. The van der Waals surface area contributed by atoms with Gasteiger partial charge in [0.25, 0.3) is 5.91 Å². The predicted molar refractivity (Wildman–Crippen MR) is 104 cm³/mol. The van der Waals surface area contributed by atoms with Crippen LogP contribution in [0.15, 0.2) is 66.9 Å². The van der Waals surface area contributed by atoms with E-state index < -0.39 is 0 Å². The predicted octanol–water partition coefficient (Wildman–Crippen LogP) is 4.26. The fourth-order valence-electron chi connectivity index (χ4n) is 2.51. The topological polar surface area (TPSA) is 63.2 Å². The zero-order chi connectivity index (χ0) is 18.4. The fourth-order valence-corrected chi connectivity index (χ4v) is 2.51. The van der Waals surface area contributed by atoms with Crippen LogP contribution in [0.4, 0.5) is 11.5 Å².